The number of pyridine rings is 2. The standard InChI is InChI=1S/C16H13N3OS.C16H6.HN3.OS.3H2/c20-16(19-9-12-3-5-17-6-4-12)14-8-13(10-18-11-14)15-2-1-7-21-15;1-3-5-7-9-11-13-15-16-14-12-10-8-6-4-2;1-3-2;1-2;;;/h1-8,10-11H,9H2,(H,19,20);1-2H3;1H;;3*1H. The molecule has 0 aliphatic carbocycles. The molecular weight excluding hydrogens is 565 g/mol. The summed E-state index contributed by atoms with van der Waals surface area (Å²) in [6.45, 7) is 3.90. The van der Waals surface area contributed by atoms with Crippen LogP contribution in [0.2, 0.25) is 0 Å². The highest BCUT2D eigenvalue weighted by Crippen LogP contribution is 2.24. The molecule has 0 atom stereocenters. The minimum absolute atomic E-state index is 0. The molecule has 0 spiro atoms. The van der Waals surface area contributed by atoms with Gasteiger partial charge >= 0.3 is 0 Å². The summed E-state index contributed by atoms with van der Waals surface area (Å²) in [6.07, 6.45) is 6.77. The summed E-state index contributed by atoms with van der Waals surface area (Å²) in [5, 5.41) is 4.89. The summed E-state index contributed by atoms with van der Waals surface area (Å²) in [7, 11) is 0. The molecule has 0 fully saturated rings. The van der Waals surface area contributed by atoms with Crippen LogP contribution >= 0.6 is 11.3 Å². The average Bonchev–Trinajstić information content (AvgIpc) is 3.58. The third-order valence-corrected chi connectivity index (χ3v) is 4.86. The highest BCUT2D eigenvalue weighted by Gasteiger charge is 2.08. The first kappa shape index (κ1) is 35.7. The first-order valence-electron chi connectivity index (χ1n) is 11.3. The molecule has 2 N–H and O–H groups in total. The van der Waals surface area contributed by atoms with E-state index in [1.54, 1.807) is 54.9 Å². The smallest absolute Gasteiger partial charge is 0.253 e. The number of hydrogen-bond acceptors (Lipinski definition) is 7. The van der Waals surface area contributed by atoms with Gasteiger partial charge in [0, 0.05) is 46.1 Å². The van der Waals surface area contributed by atoms with Gasteiger partial charge in [-0.2, -0.15) is 4.21 Å². The number of hydrogen-bond donors (Lipinski definition) is 2. The number of amides is 1. The quantitative estimate of drug-likeness (QED) is 0.180. The van der Waals surface area contributed by atoms with Gasteiger partial charge in [-0.3, -0.25) is 14.8 Å². The molecule has 42 heavy (non-hydrogen) atoms. The van der Waals surface area contributed by atoms with Crippen LogP contribution in [0.3, 0.4) is 0 Å². The molecule has 3 rings (SSSR count). The van der Waals surface area contributed by atoms with Gasteiger partial charge in [0.05, 0.1) is 5.56 Å². The van der Waals surface area contributed by atoms with Gasteiger partial charge in [-0.25, -0.2) is 0 Å². The van der Waals surface area contributed by atoms with Crippen LogP contribution in [0.15, 0.2) is 60.5 Å². The fourth-order valence-electron chi connectivity index (χ4n) is 2.36. The van der Waals surface area contributed by atoms with Crippen molar-refractivity contribution >= 4 is 29.8 Å². The molecule has 3 aromatic rings. The van der Waals surface area contributed by atoms with Crippen LogP contribution in [-0.4, -0.2) is 20.1 Å². The summed E-state index contributed by atoms with van der Waals surface area (Å²) < 4.78 is 7.83. The van der Waals surface area contributed by atoms with Crippen LogP contribution in [-0.2, 0) is 19.1 Å². The fourth-order valence-corrected chi connectivity index (χ4v) is 3.07. The number of carbonyl (C=O) groups is 1. The van der Waals surface area contributed by atoms with Crippen LogP contribution in [0.4, 0.5) is 0 Å². The summed E-state index contributed by atoms with van der Waals surface area (Å²) >= 11 is 4.46. The van der Waals surface area contributed by atoms with Crippen molar-refractivity contribution in [2.24, 2.45) is 0 Å². The van der Waals surface area contributed by atoms with Crippen molar-refractivity contribution in [2.75, 3.05) is 0 Å². The molecule has 3 aromatic heterocycles. The lowest BCUT2D eigenvalue weighted by atomic mass is 10.1. The van der Waals surface area contributed by atoms with E-state index in [2.05, 4.69) is 111 Å². The molecular formula is C32H26N6O2S2. The predicted molar refractivity (Wildman–Crippen MR) is 173 cm³/mol. The Balaban J connectivity index is -0.000000317. The zero-order chi connectivity index (χ0) is 31.1. The molecule has 0 unspecified atom stereocenters. The maximum Gasteiger partial charge on any atom is 0.253 e. The lowest BCUT2D eigenvalue weighted by molar-refractivity contribution is 0.0950. The molecule has 208 valence electrons. The van der Waals surface area contributed by atoms with Gasteiger partial charge in [-0.05, 0) is 131 Å². The van der Waals surface area contributed by atoms with Crippen molar-refractivity contribution < 1.29 is 13.3 Å². The lowest BCUT2D eigenvalue weighted by Gasteiger charge is -2.06. The molecule has 0 bridgehead atoms. The van der Waals surface area contributed by atoms with Crippen molar-refractivity contribution in [1.29, 1.82) is 5.53 Å². The maximum atomic E-state index is 12.2. The lowest BCUT2D eigenvalue weighted by Crippen LogP contribution is -2.22. The van der Waals surface area contributed by atoms with E-state index in [-0.39, 0.29) is 10.2 Å². The minimum atomic E-state index is -0.127. The molecule has 0 saturated carbocycles. The Morgan fingerprint density at radius 2 is 1.40 bits per heavy atom. The van der Waals surface area contributed by atoms with Crippen molar-refractivity contribution in [3.8, 4) is 93.3 Å². The van der Waals surface area contributed by atoms with Gasteiger partial charge in [0.25, 0.3) is 5.91 Å². The number of nitrogens with one attached hydrogen (secondary N) is 2. The van der Waals surface area contributed by atoms with Crippen LogP contribution in [0.25, 0.3) is 20.9 Å². The van der Waals surface area contributed by atoms with Gasteiger partial charge in [0.2, 0.25) is 0 Å². The Kier molecular flexibility index (Phi) is 22.4. The Morgan fingerprint density at radius 3 is 1.86 bits per heavy atom. The summed E-state index contributed by atoms with van der Waals surface area (Å²) in [5.74, 6) is 35.5. The van der Waals surface area contributed by atoms with E-state index in [1.165, 1.54) is 0 Å². The third-order valence-electron chi connectivity index (χ3n) is 3.95. The van der Waals surface area contributed by atoms with Gasteiger partial charge in [-0.1, -0.05) is 17.9 Å². The Labute approximate surface area is 259 Å². The van der Waals surface area contributed by atoms with Crippen molar-refractivity contribution in [2.45, 2.75) is 20.4 Å². The number of aromatic nitrogens is 2. The number of nitrogens with zero attached hydrogens (tertiary/aromatic N) is 4. The third kappa shape index (κ3) is 18.1. The second kappa shape index (κ2) is 26.3. The average molecular weight is 591 g/mol. The van der Waals surface area contributed by atoms with E-state index in [9.17, 15) is 4.79 Å². The number of carbonyl (C=O) groups excluding carboxylic acids is 1. The molecule has 8 nitrogen and oxygen atoms in total. The second-order valence-corrected chi connectivity index (χ2v) is 7.53. The first-order chi connectivity index (χ1) is 20.7. The number of thiophene rings is 1. The Hall–Kier alpha value is -6.28. The maximum absolute atomic E-state index is 12.2. The molecule has 10 heteroatoms. The van der Waals surface area contributed by atoms with Gasteiger partial charge < -0.3 is 5.32 Å². The van der Waals surface area contributed by atoms with Gasteiger partial charge in [-0.15, -0.1) is 16.9 Å². The van der Waals surface area contributed by atoms with Crippen LogP contribution in [0.1, 0.15) is 34.0 Å². The summed E-state index contributed by atoms with van der Waals surface area (Å²) in [4.78, 5) is 23.1. The van der Waals surface area contributed by atoms with E-state index >= 15 is 0 Å². The zero-order valence-corrected chi connectivity index (χ0v) is 24.0. The van der Waals surface area contributed by atoms with E-state index in [0.717, 1.165) is 16.0 Å². The Bertz CT molecular complexity index is 1720. The Morgan fingerprint density at radius 1 is 0.905 bits per heavy atom. The SMILES string of the molecule is CC#CC#CC#CC#CC#CC#CC#CC.O=C(NCc1ccncc1)c1cncc(-c2cccs2)c1.O=S.[HH].[HH].[HH].[N-]=[N+]=N. The first-order valence-corrected chi connectivity index (χ1v) is 12.5. The predicted octanol–water partition coefficient (Wildman–Crippen LogP) is 5.46. The zero-order valence-electron chi connectivity index (χ0n) is 22.4. The summed E-state index contributed by atoms with van der Waals surface area (Å²) in [5.41, 5.74) is 14.8. The topological polar surface area (TPSA) is 132 Å². The fraction of sp³-hybridized carbons (Fsp3) is 0.0938. The van der Waals surface area contributed by atoms with Crippen molar-refractivity contribution in [3.05, 3.63) is 82.1 Å². The monoisotopic (exact) mass is 590 g/mol. The van der Waals surface area contributed by atoms with Crippen molar-refractivity contribution in [3.63, 3.8) is 0 Å². The van der Waals surface area contributed by atoms with Crippen LogP contribution in [0.5, 0.6) is 0 Å². The van der Waals surface area contributed by atoms with E-state index in [0.29, 0.717) is 12.1 Å². The second-order valence-electron chi connectivity index (χ2n) is 6.58. The van der Waals surface area contributed by atoms with E-state index < -0.39 is 0 Å². The van der Waals surface area contributed by atoms with Crippen molar-refractivity contribution in [1.82, 2.24) is 15.3 Å². The normalized spacial score (nSPS) is 6.90. The molecule has 1 amide bonds. The molecule has 0 saturated heterocycles. The molecule has 0 radical (unpaired) electrons. The number of rotatable bonds is 4. The highest BCUT2D eigenvalue weighted by atomic mass is 32.1. The van der Waals surface area contributed by atoms with Crippen LogP contribution in [0, 0.1) is 88.4 Å². The molecule has 0 aliphatic rings. The van der Waals surface area contributed by atoms with E-state index in [1.807, 2.05) is 35.7 Å². The molecule has 3 heterocycles. The van der Waals surface area contributed by atoms with Gasteiger partial charge in [0.1, 0.15) is 0 Å². The van der Waals surface area contributed by atoms with Gasteiger partial charge in [0.15, 0.2) is 12.5 Å². The highest BCUT2D eigenvalue weighted by molar-refractivity contribution is 7.44. The molecule has 0 aliphatic heterocycles. The molecule has 0 aromatic carbocycles. The minimum Gasteiger partial charge on any atom is -0.348 e. The van der Waals surface area contributed by atoms with E-state index in [4.69, 9.17) is 15.3 Å². The largest absolute Gasteiger partial charge is 0.348 e. The van der Waals surface area contributed by atoms with Crippen LogP contribution < -0.4 is 5.32 Å². The summed E-state index contributed by atoms with van der Waals surface area (Å²) in [6, 6.07) is 9.61.